The first-order valence-electron chi connectivity index (χ1n) is 21.0. The van der Waals surface area contributed by atoms with Crippen LogP contribution in [0.25, 0.3) is 0 Å². The summed E-state index contributed by atoms with van der Waals surface area (Å²) >= 11 is 0. The number of fused-ring (bicyclic) bond motifs is 2. The van der Waals surface area contributed by atoms with E-state index in [-0.39, 0.29) is 24.4 Å². The highest BCUT2D eigenvalue weighted by Gasteiger charge is 2.65. The van der Waals surface area contributed by atoms with E-state index in [0.717, 1.165) is 68.1 Å². The topological polar surface area (TPSA) is 122 Å². The monoisotopic (exact) mass is 745 g/mol. The first kappa shape index (κ1) is 44.1. The number of carbonyl (C=O) groups is 1. The lowest BCUT2D eigenvalue weighted by atomic mass is 9.51. The van der Waals surface area contributed by atoms with Crippen LogP contribution in [0.1, 0.15) is 116 Å². The maximum atomic E-state index is 12.7. The Morgan fingerprint density at radius 3 is 2.63 bits per heavy atom. The van der Waals surface area contributed by atoms with Crippen LogP contribution in [0.5, 0.6) is 0 Å². The molecule has 0 amide bonds. The van der Waals surface area contributed by atoms with Crippen molar-refractivity contribution in [2.45, 2.75) is 141 Å². The molecule has 7 heteroatoms. The van der Waals surface area contributed by atoms with E-state index in [1.807, 2.05) is 26.1 Å². The van der Waals surface area contributed by atoms with Crippen molar-refractivity contribution < 1.29 is 25.2 Å². The number of aldehydes is 1. The summed E-state index contributed by atoms with van der Waals surface area (Å²) in [6.07, 6.45) is 17.8. The minimum atomic E-state index is -1.18. The van der Waals surface area contributed by atoms with Crippen LogP contribution in [0.3, 0.4) is 0 Å². The van der Waals surface area contributed by atoms with Gasteiger partial charge in [0, 0.05) is 30.5 Å². The number of rotatable bonds is 16. The molecule has 0 radical (unpaired) electrons. The number of carbonyl (C=O) groups excluding carboxylic acids is 1. The largest absolute Gasteiger partial charge is 0.396 e. The fourth-order valence-corrected chi connectivity index (χ4v) is 10.0. The zero-order valence-corrected chi connectivity index (χ0v) is 34.1. The molecule has 1 aromatic carbocycles. The highest BCUT2D eigenvalue weighted by atomic mass is 16.3. The van der Waals surface area contributed by atoms with E-state index in [2.05, 4.69) is 74.4 Å². The number of hydrogen-bond donors (Lipinski definition) is 6. The quantitative estimate of drug-likeness (QED) is 0.0341. The number of hydrogen-bond acceptors (Lipinski definition) is 7. The number of aliphatic hydroxyl groups is 4. The SMILES string of the molecule is C=C(C=CC=C(C(O)CCCCC)C1CCC2(C(CCCO)C(=C(C)C=O)CCC2(O)CCNC)C1O)C1CC=C(C)CNC(C)Cc2cccc(c2)C1. The van der Waals surface area contributed by atoms with E-state index >= 15 is 0 Å². The van der Waals surface area contributed by atoms with Crippen LogP contribution >= 0.6 is 0 Å². The van der Waals surface area contributed by atoms with Gasteiger partial charge in [-0.2, -0.15) is 0 Å². The minimum Gasteiger partial charge on any atom is -0.396 e. The molecule has 4 rings (SSSR count). The lowest BCUT2D eigenvalue weighted by Crippen LogP contribution is -2.61. The second kappa shape index (κ2) is 21.0. The van der Waals surface area contributed by atoms with Gasteiger partial charge in [-0.05, 0) is 139 Å². The number of allylic oxidation sites excluding steroid dienone is 7. The fourth-order valence-electron chi connectivity index (χ4n) is 10.0. The average molecular weight is 745 g/mol. The zero-order valence-electron chi connectivity index (χ0n) is 34.1. The molecule has 2 saturated carbocycles. The first-order valence-corrected chi connectivity index (χ1v) is 21.0. The molecule has 1 aromatic rings. The van der Waals surface area contributed by atoms with E-state index in [1.165, 1.54) is 16.7 Å². The molecule has 7 nitrogen and oxygen atoms in total. The molecule has 1 aliphatic heterocycles. The maximum absolute atomic E-state index is 12.7. The summed E-state index contributed by atoms with van der Waals surface area (Å²) in [5, 5.41) is 54.1. The molecule has 0 saturated heterocycles. The average Bonchev–Trinajstić information content (AvgIpc) is 3.50. The lowest BCUT2D eigenvalue weighted by Gasteiger charge is -2.57. The summed E-state index contributed by atoms with van der Waals surface area (Å²) in [5.74, 6) is -0.413. The van der Waals surface area contributed by atoms with Crippen molar-refractivity contribution in [3.63, 3.8) is 0 Å². The Labute approximate surface area is 326 Å². The molecule has 1 spiro atoms. The van der Waals surface area contributed by atoms with Gasteiger partial charge < -0.3 is 31.1 Å². The maximum Gasteiger partial charge on any atom is 0.145 e. The molecule has 8 unspecified atom stereocenters. The van der Waals surface area contributed by atoms with Gasteiger partial charge in [-0.1, -0.05) is 98.1 Å². The Morgan fingerprint density at radius 2 is 1.93 bits per heavy atom. The number of benzene rings is 1. The third-order valence-electron chi connectivity index (χ3n) is 13.1. The Kier molecular flexibility index (Phi) is 17.2. The van der Waals surface area contributed by atoms with Crippen LogP contribution < -0.4 is 10.6 Å². The molecule has 2 aliphatic carbocycles. The van der Waals surface area contributed by atoms with Crippen molar-refractivity contribution in [3.05, 3.63) is 94.1 Å². The molecule has 1 heterocycles. The number of unbranched alkanes of at least 4 members (excludes halogenated alkanes) is 2. The second-order valence-electron chi connectivity index (χ2n) is 16.9. The molecule has 2 bridgehead atoms. The van der Waals surface area contributed by atoms with Gasteiger partial charge >= 0.3 is 0 Å². The number of aliphatic hydroxyl groups excluding tert-OH is 3. The van der Waals surface area contributed by atoms with E-state index in [4.69, 9.17) is 0 Å². The van der Waals surface area contributed by atoms with Crippen LogP contribution in [0, 0.1) is 23.2 Å². The van der Waals surface area contributed by atoms with Crippen molar-refractivity contribution in [2.75, 3.05) is 26.7 Å². The summed E-state index contributed by atoms with van der Waals surface area (Å²) in [6.45, 7) is 14.4. The Hall–Kier alpha value is -2.65. The highest BCUT2D eigenvalue weighted by molar-refractivity contribution is 5.74. The van der Waals surface area contributed by atoms with E-state index in [9.17, 15) is 25.2 Å². The lowest BCUT2D eigenvalue weighted by molar-refractivity contribution is -0.181. The van der Waals surface area contributed by atoms with Crippen molar-refractivity contribution in [1.29, 1.82) is 0 Å². The molecule has 0 aromatic heterocycles. The summed E-state index contributed by atoms with van der Waals surface area (Å²) in [4.78, 5) is 12.2. The van der Waals surface area contributed by atoms with Crippen LogP contribution in [0.4, 0.5) is 0 Å². The van der Waals surface area contributed by atoms with Gasteiger partial charge in [0.05, 0.1) is 17.8 Å². The molecule has 8 atom stereocenters. The third kappa shape index (κ3) is 10.6. The third-order valence-corrected chi connectivity index (χ3v) is 13.1. The highest BCUT2D eigenvalue weighted by Crippen LogP contribution is 2.64. The number of nitrogens with one attached hydrogen (secondary N) is 2. The van der Waals surface area contributed by atoms with E-state index < -0.39 is 23.2 Å². The van der Waals surface area contributed by atoms with Crippen LogP contribution in [-0.4, -0.2) is 77.3 Å². The van der Waals surface area contributed by atoms with Crippen molar-refractivity contribution in [1.82, 2.24) is 10.6 Å². The molecular formula is C47H72N2O5. The Bertz CT molecular complexity index is 1510. The summed E-state index contributed by atoms with van der Waals surface area (Å²) < 4.78 is 0. The van der Waals surface area contributed by atoms with Crippen LogP contribution in [0.2, 0.25) is 0 Å². The molecule has 3 aliphatic rings. The molecule has 6 N–H and O–H groups in total. The smallest absolute Gasteiger partial charge is 0.145 e. The first-order chi connectivity index (χ1) is 25.9. The van der Waals surface area contributed by atoms with Gasteiger partial charge in [-0.15, -0.1) is 0 Å². The van der Waals surface area contributed by atoms with Gasteiger partial charge in [0.15, 0.2) is 0 Å². The predicted molar refractivity (Wildman–Crippen MR) is 222 cm³/mol. The summed E-state index contributed by atoms with van der Waals surface area (Å²) in [5.41, 5.74) is 5.36. The van der Waals surface area contributed by atoms with Crippen molar-refractivity contribution in [2.24, 2.45) is 23.2 Å². The minimum absolute atomic E-state index is 0.00231. The zero-order chi connectivity index (χ0) is 39.3. The molecule has 300 valence electrons. The van der Waals surface area contributed by atoms with Crippen LogP contribution in [-0.2, 0) is 17.6 Å². The Morgan fingerprint density at radius 1 is 1.17 bits per heavy atom. The molecule has 54 heavy (non-hydrogen) atoms. The summed E-state index contributed by atoms with van der Waals surface area (Å²) in [6, 6.07) is 9.31. The molecular weight excluding hydrogens is 673 g/mol. The van der Waals surface area contributed by atoms with Crippen molar-refractivity contribution in [3.8, 4) is 0 Å². The van der Waals surface area contributed by atoms with E-state index in [1.54, 1.807) is 0 Å². The van der Waals surface area contributed by atoms with Crippen molar-refractivity contribution >= 4 is 6.29 Å². The van der Waals surface area contributed by atoms with E-state index in [0.29, 0.717) is 69.5 Å². The fraction of sp³-hybridized carbons (Fsp3) is 0.638. The normalized spacial score (nSPS) is 31.2. The standard InChI is InChI=1S/C47H72N2O5/c1-7-8-9-18-44(52)41(16-10-13-34(3)39-20-19-33(2)31-49-36(5)28-37-14-11-15-38(29-37)30-39)42-22-24-47(45(42)53)43(17-12-27-50)40(35(4)32-51)21-23-46(47,54)25-26-48-6/h10-11,13-16,19,29,32,36,39,42-45,48-50,52-54H,3,7-9,12,17-18,20-28,30-31H2,1-2,4-6H3. The van der Waals surface area contributed by atoms with Gasteiger partial charge in [0.2, 0.25) is 0 Å². The Balaban J connectivity index is 1.72. The second-order valence-corrected chi connectivity index (χ2v) is 16.9. The summed E-state index contributed by atoms with van der Waals surface area (Å²) in [7, 11) is 1.87. The molecule has 2 fully saturated rings. The van der Waals surface area contributed by atoms with Gasteiger partial charge in [0.1, 0.15) is 6.29 Å². The van der Waals surface area contributed by atoms with Crippen LogP contribution in [0.15, 0.2) is 83.0 Å². The van der Waals surface area contributed by atoms with Gasteiger partial charge in [-0.25, -0.2) is 0 Å². The predicted octanol–water partition coefficient (Wildman–Crippen LogP) is 7.49. The van der Waals surface area contributed by atoms with Gasteiger partial charge in [0.25, 0.3) is 0 Å². The van der Waals surface area contributed by atoms with Gasteiger partial charge in [-0.3, -0.25) is 4.79 Å².